The van der Waals surface area contributed by atoms with E-state index in [1.807, 2.05) is 7.05 Å². The van der Waals surface area contributed by atoms with Crippen LogP contribution in [0.5, 0.6) is 0 Å². The van der Waals surface area contributed by atoms with E-state index in [0.29, 0.717) is 0 Å². The number of rotatable bonds is 1. The van der Waals surface area contributed by atoms with Crippen molar-refractivity contribution < 1.29 is 9.53 Å². The number of nitrogens with zero attached hydrogens (tertiary/aromatic N) is 1. The van der Waals surface area contributed by atoms with Gasteiger partial charge in [0.05, 0.1) is 7.11 Å². The monoisotopic (exact) mass is 155 g/mol. The fourth-order valence-corrected chi connectivity index (χ4v) is 1.21. The summed E-state index contributed by atoms with van der Waals surface area (Å²) in [5.41, 5.74) is 1.08. The number of esters is 1. The van der Waals surface area contributed by atoms with Crippen LogP contribution in [0.15, 0.2) is 11.8 Å². The van der Waals surface area contributed by atoms with Gasteiger partial charge < -0.3 is 9.64 Å². The minimum Gasteiger partial charge on any atom is -0.466 e. The van der Waals surface area contributed by atoms with Crippen molar-refractivity contribution in [3.63, 3.8) is 0 Å². The number of ether oxygens (including phenoxy) is 1. The molecular weight excluding hydrogens is 142 g/mol. The van der Waals surface area contributed by atoms with Gasteiger partial charge >= 0.3 is 5.97 Å². The van der Waals surface area contributed by atoms with Crippen molar-refractivity contribution >= 4 is 5.97 Å². The van der Waals surface area contributed by atoms with Gasteiger partial charge in [-0.1, -0.05) is 0 Å². The van der Waals surface area contributed by atoms with Gasteiger partial charge in [0.2, 0.25) is 0 Å². The summed E-state index contributed by atoms with van der Waals surface area (Å²) in [6.45, 7) is 1.04. The first-order chi connectivity index (χ1) is 5.24. The molecule has 0 aromatic heterocycles. The summed E-state index contributed by atoms with van der Waals surface area (Å²) >= 11 is 0. The van der Waals surface area contributed by atoms with Crippen LogP contribution in [0.4, 0.5) is 0 Å². The number of carbonyl (C=O) groups is 1. The van der Waals surface area contributed by atoms with E-state index in [4.69, 9.17) is 0 Å². The molecule has 1 aliphatic heterocycles. The first kappa shape index (κ1) is 8.11. The summed E-state index contributed by atoms with van der Waals surface area (Å²) < 4.78 is 4.52. The summed E-state index contributed by atoms with van der Waals surface area (Å²) in [7, 11) is 3.39. The number of likely N-dealkylation sites (tertiary alicyclic amines) is 1. The largest absolute Gasteiger partial charge is 0.466 e. The fraction of sp³-hybridized carbons (Fsp3) is 0.625. The molecule has 62 valence electrons. The zero-order valence-corrected chi connectivity index (χ0v) is 6.96. The van der Waals surface area contributed by atoms with E-state index in [1.54, 1.807) is 6.08 Å². The topological polar surface area (TPSA) is 29.5 Å². The highest BCUT2D eigenvalue weighted by Gasteiger charge is 2.13. The maximum Gasteiger partial charge on any atom is 0.332 e. The molecule has 0 amide bonds. The Morgan fingerprint density at radius 3 is 2.91 bits per heavy atom. The molecule has 1 heterocycles. The van der Waals surface area contributed by atoms with Crippen molar-refractivity contribution in [2.24, 2.45) is 0 Å². The van der Waals surface area contributed by atoms with Crippen molar-refractivity contribution in [2.45, 2.75) is 12.8 Å². The molecule has 0 bridgehead atoms. The van der Waals surface area contributed by atoms with Gasteiger partial charge in [0, 0.05) is 25.4 Å². The van der Waals surface area contributed by atoms with E-state index in [0.717, 1.165) is 25.1 Å². The van der Waals surface area contributed by atoms with E-state index in [9.17, 15) is 4.79 Å². The van der Waals surface area contributed by atoms with Crippen molar-refractivity contribution in [1.82, 2.24) is 4.90 Å². The van der Waals surface area contributed by atoms with Crippen LogP contribution < -0.4 is 0 Å². The SMILES string of the molecule is COC(=O)C=C1CCCN1C. The number of allylic oxidation sites excluding steroid dienone is 1. The van der Waals surface area contributed by atoms with E-state index < -0.39 is 0 Å². The second kappa shape index (κ2) is 3.42. The molecule has 0 aliphatic carbocycles. The lowest BCUT2D eigenvalue weighted by atomic mass is 10.3. The lowest BCUT2D eigenvalue weighted by Crippen LogP contribution is -2.11. The Balaban J connectivity index is 2.57. The molecule has 0 atom stereocenters. The van der Waals surface area contributed by atoms with Gasteiger partial charge in [-0.15, -0.1) is 0 Å². The Morgan fingerprint density at radius 2 is 2.45 bits per heavy atom. The molecule has 0 saturated carbocycles. The molecule has 1 aliphatic rings. The molecule has 0 N–H and O–H groups in total. The quantitative estimate of drug-likeness (QED) is 0.414. The molecule has 0 radical (unpaired) electrons. The molecule has 3 nitrogen and oxygen atoms in total. The molecule has 0 aromatic rings. The molecule has 3 heteroatoms. The molecule has 11 heavy (non-hydrogen) atoms. The van der Waals surface area contributed by atoms with Crippen molar-refractivity contribution in [3.05, 3.63) is 11.8 Å². The third-order valence-corrected chi connectivity index (χ3v) is 1.90. The number of hydrogen-bond acceptors (Lipinski definition) is 3. The number of methoxy groups -OCH3 is 1. The lowest BCUT2D eigenvalue weighted by molar-refractivity contribution is -0.134. The van der Waals surface area contributed by atoms with Crippen LogP contribution in [0.25, 0.3) is 0 Å². The fourth-order valence-electron chi connectivity index (χ4n) is 1.21. The van der Waals surface area contributed by atoms with Gasteiger partial charge in [0.25, 0.3) is 0 Å². The van der Waals surface area contributed by atoms with Crippen LogP contribution in [0.3, 0.4) is 0 Å². The average Bonchev–Trinajstić information content (AvgIpc) is 2.37. The van der Waals surface area contributed by atoms with Crippen molar-refractivity contribution in [2.75, 3.05) is 20.7 Å². The second-order valence-corrected chi connectivity index (χ2v) is 2.68. The number of hydrogen-bond donors (Lipinski definition) is 0. The smallest absolute Gasteiger partial charge is 0.332 e. The van der Waals surface area contributed by atoms with Crippen LogP contribution in [0.1, 0.15) is 12.8 Å². The normalized spacial score (nSPS) is 20.9. The Labute approximate surface area is 66.6 Å². The van der Waals surface area contributed by atoms with Gasteiger partial charge in [-0.3, -0.25) is 0 Å². The van der Waals surface area contributed by atoms with Crippen molar-refractivity contribution in [3.8, 4) is 0 Å². The summed E-state index contributed by atoms with van der Waals surface area (Å²) in [6, 6.07) is 0. The summed E-state index contributed by atoms with van der Waals surface area (Å²) in [6.07, 6.45) is 3.69. The van der Waals surface area contributed by atoms with E-state index in [1.165, 1.54) is 7.11 Å². The van der Waals surface area contributed by atoms with Gasteiger partial charge in [0.15, 0.2) is 0 Å². The molecule has 0 unspecified atom stereocenters. The van der Waals surface area contributed by atoms with Crippen LogP contribution in [-0.4, -0.2) is 31.6 Å². The first-order valence-electron chi connectivity index (χ1n) is 3.73. The third-order valence-electron chi connectivity index (χ3n) is 1.90. The summed E-state index contributed by atoms with van der Waals surface area (Å²) in [5, 5.41) is 0. The zero-order chi connectivity index (χ0) is 8.27. The van der Waals surface area contributed by atoms with Gasteiger partial charge in [-0.05, 0) is 12.8 Å². The predicted molar refractivity (Wildman–Crippen MR) is 42.0 cm³/mol. The maximum atomic E-state index is 10.8. The summed E-state index contributed by atoms with van der Waals surface area (Å²) in [5.74, 6) is -0.256. The highest BCUT2D eigenvalue weighted by Crippen LogP contribution is 2.17. The lowest BCUT2D eigenvalue weighted by Gasteiger charge is -2.11. The highest BCUT2D eigenvalue weighted by atomic mass is 16.5. The molecule has 1 fully saturated rings. The van der Waals surface area contributed by atoms with Gasteiger partial charge in [-0.25, -0.2) is 4.79 Å². The molecular formula is C8H13NO2. The Kier molecular flexibility index (Phi) is 2.52. The third kappa shape index (κ3) is 1.97. The minimum absolute atomic E-state index is 0.256. The van der Waals surface area contributed by atoms with Crippen LogP contribution in [0, 0.1) is 0 Å². The van der Waals surface area contributed by atoms with E-state index >= 15 is 0 Å². The van der Waals surface area contributed by atoms with E-state index in [2.05, 4.69) is 9.64 Å². The Bertz CT molecular complexity index is 187. The average molecular weight is 155 g/mol. The second-order valence-electron chi connectivity index (χ2n) is 2.68. The van der Waals surface area contributed by atoms with Gasteiger partial charge in [0.1, 0.15) is 0 Å². The first-order valence-corrected chi connectivity index (χ1v) is 3.73. The van der Waals surface area contributed by atoms with Crippen molar-refractivity contribution in [1.29, 1.82) is 0 Å². The molecule has 0 aromatic carbocycles. The van der Waals surface area contributed by atoms with Gasteiger partial charge in [-0.2, -0.15) is 0 Å². The predicted octanol–water partition coefficient (Wildman–Crippen LogP) is 0.769. The Hall–Kier alpha value is -0.990. The number of carbonyl (C=O) groups excluding carboxylic acids is 1. The maximum absolute atomic E-state index is 10.8. The molecule has 1 saturated heterocycles. The summed E-state index contributed by atoms with van der Waals surface area (Å²) in [4.78, 5) is 12.9. The minimum atomic E-state index is -0.256. The van der Waals surface area contributed by atoms with Crippen LogP contribution >= 0.6 is 0 Å². The molecule has 0 spiro atoms. The zero-order valence-electron chi connectivity index (χ0n) is 6.96. The highest BCUT2D eigenvalue weighted by molar-refractivity contribution is 5.82. The Morgan fingerprint density at radius 1 is 1.73 bits per heavy atom. The molecule has 1 rings (SSSR count). The van der Waals surface area contributed by atoms with E-state index in [-0.39, 0.29) is 5.97 Å². The van der Waals surface area contributed by atoms with Crippen LogP contribution in [0.2, 0.25) is 0 Å². The standard InChI is InChI=1S/C8H13NO2/c1-9-5-3-4-7(9)6-8(10)11-2/h6H,3-5H2,1-2H3. The van der Waals surface area contributed by atoms with Crippen LogP contribution in [-0.2, 0) is 9.53 Å².